The van der Waals surface area contributed by atoms with Crippen molar-refractivity contribution in [1.29, 1.82) is 0 Å². The van der Waals surface area contributed by atoms with Crippen molar-refractivity contribution in [3.63, 3.8) is 0 Å². The van der Waals surface area contributed by atoms with Crippen molar-refractivity contribution < 1.29 is 0 Å². The summed E-state index contributed by atoms with van der Waals surface area (Å²) in [5.41, 5.74) is 5.54. The second kappa shape index (κ2) is 4.29. The molecule has 0 saturated carbocycles. The maximum absolute atomic E-state index is 6.09. The highest BCUT2D eigenvalue weighted by Crippen LogP contribution is 2.34. The van der Waals surface area contributed by atoms with E-state index in [1.54, 1.807) is 11.3 Å². The monoisotopic (exact) mass is 233 g/mol. The van der Waals surface area contributed by atoms with E-state index in [0.29, 0.717) is 6.54 Å². The van der Waals surface area contributed by atoms with Gasteiger partial charge in [-0.2, -0.15) is 0 Å². The summed E-state index contributed by atoms with van der Waals surface area (Å²) in [4.78, 5) is 1.07. The van der Waals surface area contributed by atoms with E-state index in [0.717, 1.165) is 15.3 Å². The van der Waals surface area contributed by atoms with Gasteiger partial charge in [-0.05, 0) is 6.07 Å². The van der Waals surface area contributed by atoms with Gasteiger partial charge in [0.25, 0.3) is 0 Å². The lowest BCUT2D eigenvalue weighted by atomic mass is 10.2. The van der Waals surface area contributed by atoms with Gasteiger partial charge < -0.3 is 5.73 Å². The molecule has 0 fully saturated rings. The van der Waals surface area contributed by atoms with Crippen LogP contribution in [-0.4, -0.2) is 0 Å². The Morgan fingerprint density at radius 2 is 2.00 bits per heavy atom. The summed E-state index contributed by atoms with van der Waals surface area (Å²) in [7, 11) is 0. The van der Waals surface area contributed by atoms with E-state index in [-0.39, 0.29) is 12.4 Å². The van der Waals surface area contributed by atoms with Gasteiger partial charge in [0.2, 0.25) is 0 Å². The summed E-state index contributed by atoms with van der Waals surface area (Å²) in [6.45, 7) is 0.526. The average molecular weight is 234 g/mol. The van der Waals surface area contributed by atoms with Gasteiger partial charge in [-0.25, -0.2) is 0 Å². The van der Waals surface area contributed by atoms with Crippen molar-refractivity contribution in [1.82, 2.24) is 0 Å². The van der Waals surface area contributed by atoms with Crippen LogP contribution in [0.1, 0.15) is 4.88 Å². The number of hydrogen-bond donors (Lipinski definition) is 1. The zero-order chi connectivity index (χ0) is 8.55. The molecule has 0 aliphatic rings. The van der Waals surface area contributed by atoms with Gasteiger partial charge in [-0.1, -0.05) is 29.8 Å². The standard InChI is InChI=1S/C9H8ClNS.ClH/c10-9-6-3-1-2-4-7(6)12-8(9)5-11;/h1-4H,5,11H2;1H. The van der Waals surface area contributed by atoms with Crippen LogP contribution in [-0.2, 0) is 6.54 Å². The first-order chi connectivity index (χ1) is 5.83. The smallest absolute Gasteiger partial charge is 0.0636 e. The molecule has 13 heavy (non-hydrogen) atoms. The molecule has 2 aromatic rings. The summed E-state index contributed by atoms with van der Waals surface area (Å²) < 4.78 is 1.21. The van der Waals surface area contributed by atoms with E-state index < -0.39 is 0 Å². The van der Waals surface area contributed by atoms with Gasteiger partial charge >= 0.3 is 0 Å². The number of rotatable bonds is 1. The van der Waals surface area contributed by atoms with Crippen LogP contribution >= 0.6 is 35.3 Å². The Balaban J connectivity index is 0.000000845. The Morgan fingerprint density at radius 1 is 1.31 bits per heavy atom. The van der Waals surface area contributed by atoms with Crippen molar-refractivity contribution >= 4 is 45.4 Å². The van der Waals surface area contributed by atoms with E-state index in [1.165, 1.54) is 4.70 Å². The molecule has 0 aliphatic carbocycles. The van der Waals surface area contributed by atoms with Crippen LogP contribution in [0.3, 0.4) is 0 Å². The maximum atomic E-state index is 6.09. The van der Waals surface area contributed by atoms with E-state index >= 15 is 0 Å². The molecule has 0 spiro atoms. The molecule has 0 radical (unpaired) electrons. The number of hydrogen-bond acceptors (Lipinski definition) is 2. The molecule has 0 saturated heterocycles. The molecular formula is C9H9Cl2NS. The summed E-state index contributed by atoms with van der Waals surface area (Å²) in [6, 6.07) is 8.08. The number of thiophene rings is 1. The highest BCUT2D eigenvalue weighted by atomic mass is 35.5. The van der Waals surface area contributed by atoms with Crippen LogP contribution in [0.4, 0.5) is 0 Å². The second-order valence-corrected chi connectivity index (χ2v) is 4.05. The van der Waals surface area contributed by atoms with Gasteiger partial charge in [-0.3, -0.25) is 0 Å². The average Bonchev–Trinajstić information content (AvgIpc) is 2.44. The minimum Gasteiger partial charge on any atom is -0.326 e. The van der Waals surface area contributed by atoms with Crippen LogP contribution in [0.2, 0.25) is 5.02 Å². The minimum atomic E-state index is 0. The van der Waals surface area contributed by atoms with Gasteiger partial charge in [0.15, 0.2) is 0 Å². The van der Waals surface area contributed by atoms with Crippen LogP contribution in [0, 0.1) is 0 Å². The van der Waals surface area contributed by atoms with E-state index in [1.807, 2.05) is 18.2 Å². The first kappa shape index (κ1) is 10.8. The Bertz CT molecular complexity index is 411. The quantitative estimate of drug-likeness (QED) is 0.803. The Kier molecular flexibility index (Phi) is 3.56. The number of halogens is 2. The van der Waals surface area contributed by atoms with Crippen LogP contribution < -0.4 is 5.73 Å². The lowest BCUT2D eigenvalue weighted by Crippen LogP contribution is -1.92. The largest absolute Gasteiger partial charge is 0.326 e. The summed E-state index contributed by atoms with van der Waals surface area (Å²) in [5, 5.41) is 1.93. The van der Waals surface area contributed by atoms with Crippen LogP contribution in [0.5, 0.6) is 0 Å². The number of fused-ring (bicyclic) bond motifs is 1. The molecule has 1 heterocycles. The number of nitrogens with two attached hydrogens (primary N) is 1. The van der Waals surface area contributed by atoms with Crippen molar-refractivity contribution in [3.8, 4) is 0 Å². The third kappa shape index (κ3) is 1.81. The molecule has 1 aromatic heterocycles. The summed E-state index contributed by atoms with van der Waals surface area (Å²) in [5.74, 6) is 0. The molecule has 4 heteroatoms. The van der Waals surface area contributed by atoms with Crippen molar-refractivity contribution in [2.75, 3.05) is 0 Å². The molecule has 2 rings (SSSR count). The topological polar surface area (TPSA) is 26.0 Å². The first-order valence-electron chi connectivity index (χ1n) is 3.69. The molecular weight excluding hydrogens is 225 g/mol. The maximum Gasteiger partial charge on any atom is 0.0636 e. The lowest BCUT2D eigenvalue weighted by molar-refractivity contribution is 1.11. The normalized spacial score (nSPS) is 10.0. The first-order valence-corrected chi connectivity index (χ1v) is 4.88. The molecule has 0 amide bonds. The van der Waals surface area contributed by atoms with Crippen molar-refractivity contribution in [3.05, 3.63) is 34.2 Å². The fourth-order valence-electron chi connectivity index (χ4n) is 1.20. The van der Waals surface area contributed by atoms with Gasteiger partial charge in [0, 0.05) is 21.5 Å². The molecule has 0 unspecified atom stereocenters. The highest BCUT2D eigenvalue weighted by molar-refractivity contribution is 7.19. The molecule has 1 aromatic carbocycles. The fraction of sp³-hybridized carbons (Fsp3) is 0.111. The van der Waals surface area contributed by atoms with E-state index in [9.17, 15) is 0 Å². The predicted molar refractivity (Wildman–Crippen MR) is 62.0 cm³/mol. The summed E-state index contributed by atoms with van der Waals surface area (Å²) in [6.07, 6.45) is 0. The predicted octanol–water partition coefficient (Wildman–Crippen LogP) is 3.44. The minimum absolute atomic E-state index is 0. The number of benzene rings is 1. The third-order valence-corrected chi connectivity index (χ3v) is 3.52. The molecule has 0 atom stereocenters. The third-order valence-electron chi connectivity index (χ3n) is 1.79. The highest BCUT2D eigenvalue weighted by Gasteiger charge is 2.06. The lowest BCUT2D eigenvalue weighted by Gasteiger charge is -1.88. The van der Waals surface area contributed by atoms with Gasteiger partial charge in [0.05, 0.1) is 5.02 Å². The van der Waals surface area contributed by atoms with E-state index in [2.05, 4.69) is 6.07 Å². The second-order valence-electron chi connectivity index (χ2n) is 2.54. The molecule has 70 valence electrons. The zero-order valence-corrected chi connectivity index (χ0v) is 9.18. The fourth-order valence-corrected chi connectivity index (χ4v) is 2.58. The van der Waals surface area contributed by atoms with Crippen molar-refractivity contribution in [2.24, 2.45) is 5.73 Å². The molecule has 2 N–H and O–H groups in total. The summed E-state index contributed by atoms with van der Waals surface area (Å²) >= 11 is 7.75. The molecule has 0 bridgehead atoms. The van der Waals surface area contributed by atoms with E-state index in [4.69, 9.17) is 17.3 Å². The molecule has 1 nitrogen and oxygen atoms in total. The van der Waals surface area contributed by atoms with Gasteiger partial charge in [-0.15, -0.1) is 23.7 Å². The SMILES string of the molecule is Cl.NCc1sc2ccccc2c1Cl. The van der Waals surface area contributed by atoms with Crippen LogP contribution in [0.15, 0.2) is 24.3 Å². The Labute approximate surface area is 91.9 Å². The van der Waals surface area contributed by atoms with Crippen LogP contribution in [0.25, 0.3) is 10.1 Å². The van der Waals surface area contributed by atoms with Crippen molar-refractivity contribution in [2.45, 2.75) is 6.54 Å². The Hall–Kier alpha value is -0.280. The Morgan fingerprint density at radius 3 is 2.62 bits per heavy atom. The zero-order valence-electron chi connectivity index (χ0n) is 6.79. The molecule has 0 aliphatic heterocycles. The van der Waals surface area contributed by atoms with Gasteiger partial charge in [0.1, 0.15) is 0 Å².